The van der Waals surface area contributed by atoms with Crippen molar-refractivity contribution in [1.29, 1.82) is 0 Å². The number of ether oxygens (including phenoxy) is 2. The number of rotatable bonds is 7. The van der Waals surface area contributed by atoms with Crippen LogP contribution in [0.25, 0.3) is 10.8 Å². The van der Waals surface area contributed by atoms with Crippen LogP contribution in [0, 0.1) is 13.8 Å². The summed E-state index contributed by atoms with van der Waals surface area (Å²) in [4.78, 5) is 12.8. The fourth-order valence-electron chi connectivity index (χ4n) is 3.60. The number of hydrogen-bond donors (Lipinski definition) is 0. The molecule has 0 fully saturated rings. The first-order valence-corrected chi connectivity index (χ1v) is 8.84. The lowest BCUT2D eigenvalue weighted by molar-refractivity contribution is 0.0921. The molecule has 1 atom stereocenters. The van der Waals surface area contributed by atoms with E-state index < -0.39 is 0 Å². The Labute approximate surface area is 154 Å². The van der Waals surface area contributed by atoms with Gasteiger partial charge in [0.15, 0.2) is 6.61 Å². The zero-order valence-corrected chi connectivity index (χ0v) is 15.8. The van der Waals surface area contributed by atoms with Crippen molar-refractivity contribution in [2.24, 2.45) is 0 Å². The fourth-order valence-corrected chi connectivity index (χ4v) is 3.60. The van der Waals surface area contributed by atoms with E-state index in [4.69, 9.17) is 9.47 Å². The summed E-state index contributed by atoms with van der Waals surface area (Å²) < 4.78 is 13.3. The molecule has 3 rings (SSSR count). The summed E-state index contributed by atoms with van der Waals surface area (Å²) in [5.41, 5.74) is 2.73. The van der Waals surface area contributed by atoms with Crippen LogP contribution in [-0.2, 0) is 4.74 Å². The molecule has 26 heavy (non-hydrogen) atoms. The van der Waals surface area contributed by atoms with E-state index in [0.717, 1.165) is 27.9 Å². The second-order valence-electron chi connectivity index (χ2n) is 6.65. The Bertz CT molecular complexity index is 921. The van der Waals surface area contributed by atoms with Crippen LogP contribution in [0.5, 0.6) is 5.75 Å². The number of ketones is 1. The number of fused-ring (bicyclic) bond motifs is 1. The highest BCUT2D eigenvalue weighted by atomic mass is 16.5. The lowest BCUT2D eigenvalue weighted by Gasteiger charge is -2.17. The molecule has 136 valence electrons. The molecular formula is C22H25NO3. The number of aryl methyl sites for hydroxylation is 1. The Morgan fingerprint density at radius 1 is 1.12 bits per heavy atom. The van der Waals surface area contributed by atoms with Crippen LogP contribution >= 0.6 is 0 Å². The number of hydrogen-bond acceptors (Lipinski definition) is 3. The number of carbonyl (C=O) groups excluding carboxylic acids is 1. The van der Waals surface area contributed by atoms with E-state index in [-0.39, 0.29) is 18.4 Å². The van der Waals surface area contributed by atoms with Crippen molar-refractivity contribution < 1.29 is 14.3 Å². The van der Waals surface area contributed by atoms with Crippen molar-refractivity contribution in [2.45, 2.75) is 26.8 Å². The highest BCUT2D eigenvalue weighted by Gasteiger charge is 2.19. The average molecular weight is 351 g/mol. The maximum atomic E-state index is 12.8. The van der Waals surface area contributed by atoms with E-state index in [1.807, 2.05) is 62.4 Å². The van der Waals surface area contributed by atoms with Gasteiger partial charge in [0.05, 0.1) is 12.6 Å². The first-order chi connectivity index (χ1) is 12.5. The lowest BCUT2D eigenvalue weighted by Crippen LogP contribution is -2.16. The summed E-state index contributed by atoms with van der Waals surface area (Å²) in [6.07, 6.45) is 0. The Morgan fingerprint density at radius 3 is 2.62 bits per heavy atom. The first kappa shape index (κ1) is 18.2. The van der Waals surface area contributed by atoms with Crippen LogP contribution in [0.2, 0.25) is 0 Å². The van der Waals surface area contributed by atoms with Gasteiger partial charge in [-0.25, -0.2) is 0 Å². The van der Waals surface area contributed by atoms with Gasteiger partial charge in [0, 0.05) is 29.4 Å². The van der Waals surface area contributed by atoms with Crippen LogP contribution in [0.3, 0.4) is 0 Å². The minimum atomic E-state index is -0.0121. The number of carbonyl (C=O) groups is 1. The molecule has 1 heterocycles. The van der Waals surface area contributed by atoms with Gasteiger partial charge < -0.3 is 14.0 Å². The molecule has 1 aromatic heterocycles. The standard InChI is InChI=1S/C22H25NO3/c1-15-12-20(17(3)23(15)16(2)13-25-4)21(24)14-26-22-11-7-9-18-8-5-6-10-19(18)22/h5-12,16H,13-14H2,1-4H3/t16-/m1/s1. The summed E-state index contributed by atoms with van der Waals surface area (Å²) in [5, 5.41) is 2.12. The molecule has 4 nitrogen and oxygen atoms in total. The van der Waals surface area contributed by atoms with Gasteiger partial charge in [-0.2, -0.15) is 0 Å². The summed E-state index contributed by atoms with van der Waals surface area (Å²) >= 11 is 0. The third kappa shape index (κ3) is 3.51. The monoisotopic (exact) mass is 351 g/mol. The first-order valence-electron chi connectivity index (χ1n) is 8.84. The van der Waals surface area contributed by atoms with E-state index in [1.165, 1.54) is 0 Å². The molecule has 0 aliphatic heterocycles. The Morgan fingerprint density at radius 2 is 1.85 bits per heavy atom. The topological polar surface area (TPSA) is 40.5 Å². The Hall–Kier alpha value is -2.59. The van der Waals surface area contributed by atoms with E-state index >= 15 is 0 Å². The minimum absolute atomic E-state index is 0.0121. The highest BCUT2D eigenvalue weighted by Crippen LogP contribution is 2.26. The molecule has 0 saturated carbocycles. The molecule has 0 bridgehead atoms. The predicted octanol–water partition coefficient (Wildman–Crippen LogP) is 4.73. The number of benzene rings is 2. The van der Waals surface area contributed by atoms with Crippen molar-refractivity contribution in [1.82, 2.24) is 4.57 Å². The summed E-state index contributed by atoms with van der Waals surface area (Å²) in [6.45, 7) is 6.71. The average Bonchev–Trinajstić information content (AvgIpc) is 2.94. The maximum absolute atomic E-state index is 12.8. The van der Waals surface area contributed by atoms with E-state index in [2.05, 4.69) is 11.5 Å². The smallest absolute Gasteiger partial charge is 0.202 e. The lowest BCUT2D eigenvalue weighted by atomic mass is 10.1. The maximum Gasteiger partial charge on any atom is 0.202 e. The Balaban J connectivity index is 1.79. The highest BCUT2D eigenvalue weighted by molar-refractivity contribution is 5.99. The van der Waals surface area contributed by atoms with Gasteiger partial charge in [0.25, 0.3) is 0 Å². The van der Waals surface area contributed by atoms with E-state index in [1.54, 1.807) is 7.11 Å². The predicted molar refractivity (Wildman–Crippen MR) is 104 cm³/mol. The normalized spacial score (nSPS) is 12.3. The second-order valence-corrected chi connectivity index (χ2v) is 6.65. The summed E-state index contributed by atoms with van der Waals surface area (Å²) in [6, 6.07) is 16.0. The molecule has 0 aliphatic carbocycles. The third-order valence-corrected chi connectivity index (χ3v) is 4.74. The molecule has 0 spiro atoms. The van der Waals surface area contributed by atoms with Crippen LogP contribution in [-0.4, -0.2) is 30.7 Å². The van der Waals surface area contributed by atoms with Gasteiger partial charge in [-0.05, 0) is 38.3 Å². The van der Waals surface area contributed by atoms with E-state index in [9.17, 15) is 4.79 Å². The van der Waals surface area contributed by atoms with Crippen molar-refractivity contribution in [3.63, 3.8) is 0 Å². The molecule has 2 aromatic carbocycles. The number of methoxy groups -OCH3 is 1. The van der Waals surface area contributed by atoms with Crippen LogP contribution < -0.4 is 4.74 Å². The molecule has 0 saturated heterocycles. The van der Waals surface area contributed by atoms with E-state index in [0.29, 0.717) is 12.2 Å². The fraction of sp³-hybridized carbons (Fsp3) is 0.318. The molecule has 0 aliphatic rings. The minimum Gasteiger partial charge on any atom is -0.485 e. The van der Waals surface area contributed by atoms with Gasteiger partial charge in [0.1, 0.15) is 5.75 Å². The van der Waals surface area contributed by atoms with Crippen molar-refractivity contribution >= 4 is 16.6 Å². The van der Waals surface area contributed by atoms with Crippen LogP contribution in [0.4, 0.5) is 0 Å². The summed E-state index contributed by atoms with van der Waals surface area (Å²) in [5.74, 6) is 0.722. The Kier molecular flexibility index (Phi) is 5.43. The number of nitrogens with zero attached hydrogens (tertiary/aromatic N) is 1. The molecule has 3 aromatic rings. The molecule has 4 heteroatoms. The quantitative estimate of drug-likeness (QED) is 0.578. The number of aromatic nitrogens is 1. The number of Topliss-reactive ketones (excluding diaryl/α,β-unsaturated/α-hetero) is 1. The van der Waals surface area contributed by atoms with Gasteiger partial charge in [-0.1, -0.05) is 36.4 Å². The molecule has 0 N–H and O–H groups in total. The van der Waals surface area contributed by atoms with Crippen molar-refractivity contribution in [2.75, 3.05) is 20.3 Å². The molecule has 0 unspecified atom stereocenters. The van der Waals surface area contributed by atoms with Crippen LogP contribution in [0.1, 0.15) is 34.7 Å². The van der Waals surface area contributed by atoms with Gasteiger partial charge in [-0.15, -0.1) is 0 Å². The SMILES string of the molecule is COC[C@@H](C)n1c(C)cc(C(=O)COc2cccc3ccccc23)c1C. The van der Waals surface area contributed by atoms with Gasteiger partial charge in [-0.3, -0.25) is 4.79 Å². The largest absolute Gasteiger partial charge is 0.485 e. The van der Waals surface area contributed by atoms with Crippen molar-refractivity contribution in [3.8, 4) is 5.75 Å². The molecule has 0 radical (unpaired) electrons. The zero-order chi connectivity index (χ0) is 18.7. The summed E-state index contributed by atoms with van der Waals surface area (Å²) in [7, 11) is 1.69. The third-order valence-electron chi connectivity index (χ3n) is 4.74. The molecular weight excluding hydrogens is 326 g/mol. The molecule has 0 amide bonds. The van der Waals surface area contributed by atoms with Crippen LogP contribution in [0.15, 0.2) is 48.5 Å². The van der Waals surface area contributed by atoms with Gasteiger partial charge >= 0.3 is 0 Å². The second kappa shape index (κ2) is 7.75. The van der Waals surface area contributed by atoms with Gasteiger partial charge in [0.2, 0.25) is 5.78 Å². The zero-order valence-electron chi connectivity index (χ0n) is 15.8. The van der Waals surface area contributed by atoms with Crippen molar-refractivity contribution in [3.05, 3.63) is 65.5 Å².